The molecule has 0 saturated heterocycles. The van der Waals surface area contributed by atoms with Crippen LogP contribution >= 0.6 is 0 Å². The second-order valence-electron chi connectivity index (χ2n) is 3.49. The number of ether oxygens (including phenoxy) is 1. The first-order valence-corrected chi connectivity index (χ1v) is 4.78. The standard InChI is InChI=1S/C11H15NO/c1-12-8-9-3-2-4-11(7-9)13-10-5-6-10/h2-4,7,10,12H,5-6,8H2,1H3. The van der Waals surface area contributed by atoms with Crippen molar-refractivity contribution in [3.63, 3.8) is 0 Å². The molecule has 0 amide bonds. The van der Waals surface area contributed by atoms with E-state index in [1.54, 1.807) is 0 Å². The van der Waals surface area contributed by atoms with Gasteiger partial charge >= 0.3 is 0 Å². The Labute approximate surface area is 78.9 Å². The van der Waals surface area contributed by atoms with Crippen molar-refractivity contribution in [3.8, 4) is 5.75 Å². The normalized spacial score (nSPS) is 15.8. The quantitative estimate of drug-likeness (QED) is 0.759. The van der Waals surface area contributed by atoms with Crippen LogP contribution in [0, 0.1) is 0 Å². The van der Waals surface area contributed by atoms with E-state index in [0.29, 0.717) is 6.10 Å². The zero-order valence-corrected chi connectivity index (χ0v) is 7.92. The molecule has 1 aliphatic rings. The van der Waals surface area contributed by atoms with Gasteiger partial charge in [-0.05, 0) is 37.6 Å². The zero-order chi connectivity index (χ0) is 9.10. The average Bonchev–Trinajstić information content (AvgIpc) is 2.90. The third-order valence-corrected chi connectivity index (χ3v) is 2.11. The monoisotopic (exact) mass is 177 g/mol. The maximum absolute atomic E-state index is 5.68. The van der Waals surface area contributed by atoms with Gasteiger partial charge in [0, 0.05) is 6.54 Å². The molecule has 13 heavy (non-hydrogen) atoms. The molecule has 0 heterocycles. The van der Waals surface area contributed by atoms with E-state index in [4.69, 9.17) is 4.74 Å². The molecule has 1 N–H and O–H groups in total. The van der Waals surface area contributed by atoms with Crippen molar-refractivity contribution in [2.24, 2.45) is 0 Å². The molecule has 0 bridgehead atoms. The highest BCUT2D eigenvalue weighted by atomic mass is 16.5. The summed E-state index contributed by atoms with van der Waals surface area (Å²) in [7, 11) is 1.95. The summed E-state index contributed by atoms with van der Waals surface area (Å²) in [5.74, 6) is 1.01. The summed E-state index contributed by atoms with van der Waals surface area (Å²) in [5, 5.41) is 3.12. The van der Waals surface area contributed by atoms with E-state index < -0.39 is 0 Å². The van der Waals surface area contributed by atoms with E-state index in [1.165, 1.54) is 18.4 Å². The van der Waals surface area contributed by atoms with Crippen molar-refractivity contribution < 1.29 is 4.74 Å². The molecule has 0 aromatic heterocycles. The maximum Gasteiger partial charge on any atom is 0.120 e. The van der Waals surface area contributed by atoms with Gasteiger partial charge in [0.05, 0.1) is 6.10 Å². The smallest absolute Gasteiger partial charge is 0.120 e. The Hall–Kier alpha value is -1.02. The van der Waals surface area contributed by atoms with E-state index in [-0.39, 0.29) is 0 Å². The third kappa shape index (κ3) is 2.46. The number of hydrogen-bond donors (Lipinski definition) is 1. The van der Waals surface area contributed by atoms with Gasteiger partial charge in [-0.3, -0.25) is 0 Å². The molecule has 0 atom stereocenters. The van der Waals surface area contributed by atoms with E-state index in [9.17, 15) is 0 Å². The van der Waals surface area contributed by atoms with Gasteiger partial charge in [-0.1, -0.05) is 12.1 Å². The van der Waals surface area contributed by atoms with Gasteiger partial charge in [0.2, 0.25) is 0 Å². The molecule has 1 aromatic carbocycles. The maximum atomic E-state index is 5.68. The molecule has 0 radical (unpaired) electrons. The lowest BCUT2D eigenvalue weighted by molar-refractivity contribution is 0.303. The topological polar surface area (TPSA) is 21.3 Å². The minimum absolute atomic E-state index is 0.491. The molecular formula is C11H15NO. The van der Waals surface area contributed by atoms with Gasteiger partial charge in [0.25, 0.3) is 0 Å². The van der Waals surface area contributed by atoms with Gasteiger partial charge in [-0.25, -0.2) is 0 Å². The molecule has 2 heteroatoms. The molecule has 0 unspecified atom stereocenters. The predicted molar refractivity (Wildman–Crippen MR) is 52.9 cm³/mol. The first-order valence-electron chi connectivity index (χ1n) is 4.78. The van der Waals surface area contributed by atoms with Crippen LogP contribution in [0.2, 0.25) is 0 Å². The molecule has 1 saturated carbocycles. The molecule has 1 fully saturated rings. The molecule has 0 aliphatic heterocycles. The number of hydrogen-bond acceptors (Lipinski definition) is 2. The summed E-state index contributed by atoms with van der Waals surface area (Å²) in [6, 6.07) is 8.28. The lowest BCUT2D eigenvalue weighted by Gasteiger charge is -2.06. The largest absolute Gasteiger partial charge is 0.490 e. The number of benzene rings is 1. The average molecular weight is 177 g/mol. The van der Waals surface area contributed by atoms with Gasteiger partial charge < -0.3 is 10.1 Å². The van der Waals surface area contributed by atoms with Gasteiger partial charge in [-0.15, -0.1) is 0 Å². The second kappa shape index (κ2) is 3.79. The summed E-state index contributed by atoms with van der Waals surface area (Å²) in [6.07, 6.45) is 2.93. The molecular weight excluding hydrogens is 162 g/mol. The Balaban J connectivity index is 2.02. The fraction of sp³-hybridized carbons (Fsp3) is 0.455. The zero-order valence-electron chi connectivity index (χ0n) is 7.92. The van der Waals surface area contributed by atoms with Crippen LogP contribution in [0.15, 0.2) is 24.3 Å². The summed E-state index contributed by atoms with van der Waals surface area (Å²) in [6.45, 7) is 0.905. The fourth-order valence-electron chi connectivity index (χ4n) is 1.31. The van der Waals surface area contributed by atoms with E-state index in [1.807, 2.05) is 19.2 Å². The van der Waals surface area contributed by atoms with Crippen molar-refractivity contribution in [2.75, 3.05) is 7.05 Å². The Kier molecular flexibility index (Phi) is 2.50. The predicted octanol–water partition coefficient (Wildman–Crippen LogP) is 1.95. The van der Waals surface area contributed by atoms with Crippen LogP contribution in [-0.4, -0.2) is 13.2 Å². The highest BCUT2D eigenvalue weighted by Gasteiger charge is 2.23. The Morgan fingerprint density at radius 1 is 1.46 bits per heavy atom. The SMILES string of the molecule is CNCc1cccc(OC2CC2)c1. The lowest BCUT2D eigenvalue weighted by Crippen LogP contribution is -2.05. The highest BCUT2D eigenvalue weighted by Crippen LogP contribution is 2.26. The van der Waals surface area contributed by atoms with Crippen molar-refractivity contribution >= 4 is 0 Å². The Bertz CT molecular complexity index is 281. The number of nitrogens with one attached hydrogen (secondary N) is 1. The van der Waals surface area contributed by atoms with Gasteiger partial charge in [0.15, 0.2) is 0 Å². The minimum Gasteiger partial charge on any atom is -0.490 e. The van der Waals surface area contributed by atoms with Crippen LogP contribution in [0.4, 0.5) is 0 Å². The number of rotatable bonds is 4. The van der Waals surface area contributed by atoms with Crippen LogP contribution in [0.3, 0.4) is 0 Å². The minimum atomic E-state index is 0.491. The third-order valence-electron chi connectivity index (χ3n) is 2.11. The first-order chi connectivity index (χ1) is 6.38. The van der Waals surface area contributed by atoms with E-state index in [0.717, 1.165) is 12.3 Å². The van der Waals surface area contributed by atoms with Crippen LogP contribution in [-0.2, 0) is 6.54 Å². The van der Waals surface area contributed by atoms with Crippen LogP contribution in [0.1, 0.15) is 18.4 Å². The second-order valence-corrected chi connectivity index (χ2v) is 3.49. The van der Waals surface area contributed by atoms with Crippen molar-refractivity contribution in [2.45, 2.75) is 25.5 Å². The summed E-state index contributed by atoms with van der Waals surface area (Å²) in [4.78, 5) is 0. The molecule has 0 spiro atoms. The Morgan fingerprint density at radius 3 is 3.00 bits per heavy atom. The Morgan fingerprint density at radius 2 is 2.31 bits per heavy atom. The molecule has 1 aliphatic carbocycles. The molecule has 2 rings (SSSR count). The summed E-state index contributed by atoms with van der Waals surface area (Å²) in [5.41, 5.74) is 1.28. The van der Waals surface area contributed by atoms with E-state index >= 15 is 0 Å². The van der Waals surface area contributed by atoms with Gasteiger partial charge in [-0.2, -0.15) is 0 Å². The van der Waals surface area contributed by atoms with Crippen molar-refractivity contribution in [1.29, 1.82) is 0 Å². The van der Waals surface area contributed by atoms with Crippen LogP contribution in [0.5, 0.6) is 5.75 Å². The van der Waals surface area contributed by atoms with Crippen molar-refractivity contribution in [3.05, 3.63) is 29.8 Å². The fourth-order valence-corrected chi connectivity index (χ4v) is 1.31. The molecule has 70 valence electrons. The summed E-state index contributed by atoms with van der Waals surface area (Å²) >= 11 is 0. The van der Waals surface area contributed by atoms with Gasteiger partial charge in [0.1, 0.15) is 5.75 Å². The highest BCUT2D eigenvalue weighted by molar-refractivity contribution is 5.28. The lowest BCUT2D eigenvalue weighted by atomic mass is 10.2. The molecule has 1 aromatic rings. The summed E-state index contributed by atoms with van der Waals surface area (Å²) < 4.78 is 5.68. The van der Waals surface area contributed by atoms with Crippen LogP contribution < -0.4 is 10.1 Å². The van der Waals surface area contributed by atoms with Crippen LogP contribution in [0.25, 0.3) is 0 Å². The first kappa shape index (κ1) is 8.57. The molecule has 2 nitrogen and oxygen atoms in total. The van der Waals surface area contributed by atoms with E-state index in [2.05, 4.69) is 17.4 Å². The van der Waals surface area contributed by atoms with Crippen molar-refractivity contribution in [1.82, 2.24) is 5.32 Å².